The lowest BCUT2D eigenvalue weighted by Gasteiger charge is -2.45. The summed E-state index contributed by atoms with van der Waals surface area (Å²) in [6, 6.07) is 12.8. The van der Waals surface area contributed by atoms with Gasteiger partial charge in [0.15, 0.2) is 0 Å². The first-order valence-corrected chi connectivity index (χ1v) is 11.1. The molecule has 0 spiro atoms. The van der Waals surface area contributed by atoms with Crippen LogP contribution in [-0.2, 0) is 6.54 Å². The van der Waals surface area contributed by atoms with Crippen molar-refractivity contribution in [1.82, 2.24) is 14.7 Å². The summed E-state index contributed by atoms with van der Waals surface area (Å²) in [7, 11) is 0. The van der Waals surface area contributed by atoms with Crippen molar-refractivity contribution in [3.63, 3.8) is 0 Å². The molecule has 2 saturated heterocycles. The highest BCUT2D eigenvalue weighted by molar-refractivity contribution is 5.14. The van der Waals surface area contributed by atoms with Gasteiger partial charge in [-0.3, -0.25) is 14.7 Å². The fraction of sp³-hybridized carbons (Fsp3) is 0.739. The molecule has 2 aliphatic heterocycles. The van der Waals surface area contributed by atoms with Crippen LogP contribution in [0.5, 0.6) is 0 Å². The molecule has 1 aromatic rings. The van der Waals surface area contributed by atoms with Gasteiger partial charge in [0, 0.05) is 44.8 Å². The summed E-state index contributed by atoms with van der Waals surface area (Å²) < 4.78 is 0. The third kappa shape index (κ3) is 3.58. The van der Waals surface area contributed by atoms with Crippen LogP contribution in [0.2, 0.25) is 0 Å². The predicted octanol–water partition coefficient (Wildman–Crippen LogP) is 3.46. The van der Waals surface area contributed by atoms with Crippen molar-refractivity contribution < 1.29 is 0 Å². The highest BCUT2D eigenvalue weighted by Crippen LogP contribution is 2.46. The minimum absolute atomic E-state index is 0.837. The maximum Gasteiger partial charge on any atom is 0.0233 e. The van der Waals surface area contributed by atoms with Gasteiger partial charge >= 0.3 is 0 Å². The predicted molar refractivity (Wildman–Crippen MR) is 107 cm³/mol. The Morgan fingerprint density at radius 2 is 1.46 bits per heavy atom. The van der Waals surface area contributed by atoms with Gasteiger partial charge in [-0.1, -0.05) is 36.8 Å². The third-order valence-corrected chi connectivity index (χ3v) is 7.84. The molecule has 3 heteroatoms. The zero-order chi connectivity index (χ0) is 17.3. The van der Waals surface area contributed by atoms with E-state index >= 15 is 0 Å². The molecule has 142 valence electrons. The molecule has 5 rings (SSSR count). The largest absolute Gasteiger partial charge is 0.299 e. The number of fused-ring (bicyclic) bond motifs is 2. The van der Waals surface area contributed by atoms with Crippen molar-refractivity contribution in [2.24, 2.45) is 11.8 Å². The minimum Gasteiger partial charge on any atom is -0.299 e. The fourth-order valence-electron chi connectivity index (χ4n) is 6.38. The van der Waals surface area contributed by atoms with Crippen LogP contribution >= 0.6 is 0 Å². The van der Waals surface area contributed by atoms with Gasteiger partial charge in [-0.25, -0.2) is 0 Å². The molecule has 26 heavy (non-hydrogen) atoms. The number of piperidine rings is 1. The second kappa shape index (κ2) is 7.61. The number of likely N-dealkylation sites (tertiary alicyclic amines) is 1. The lowest BCUT2D eigenvalue weighted by molar-refractivity contribution is 0.0296. The molecule has 2 saturated carbocycles. The van der Waals surface area contributed by atoms with Gasteiger partial charge in [0.1, 0.15) is 0 Å². The molecule has 0 unspecified atom stereocenters. The minimum atomic E-state index is 0.837. The van der Waals surface area contributed by atoms with E-state index in [1.165, 1.54) is 76.9 Å². The summed E-state index contributed by atoms with van der Waals surface area (Å²) in [5.41, 5.74) is 1.46. The van der Waals surface area contributed by atoms with Crippen molar-refractivity contribution in [1.29, 1.82) is 0 Å². The summed E-state index contributed by atoms with van der Waals surface area (Å²) in [6.07, 6.45) is 8.84. The number of nitrogens with zero attached hydrogens (tertiary/aromatic N) is 3. The van der Waals surface area contributed by atoms with Crippen LogP contribution in [0.25, 0.3) is 0 Å². The molecule has 3 nitrogen and oxygen atoms in total. The molecule has 2 bridgehead atoms. The third-order valence-electron chi connectivity index (χ3n) is 7.84. The Morgan fingerprint density at radius 1 is 0.731 bits per heavy atom. The van der Waals surface area contributed by atoms with Crippen LogP contribution in [0, 0.1) is 11.8 Å². The van der Waals surface area contributed by atoms with E-state index in [0.29, 0.717) is 0 Å². The Labute approximate surface area is 159 Å². The summed E-state index contributed by atoms with van der Waals surface area (Å²) in [6.45, 7) is 8.97. The maximum absolute atomic E-state index is 2.87. The number of rotatable bonds is 4. The van der Waals surface area contributed by atoms with Crippen molar-refractivity contribution in [3.05, 3.63) is 35.9 Å². The summed E-state index contributed by atoms with van der Waals surface area (Å²) in [5, 5.41) is 0. The van der Waals surface area contributed by atoms with Crippen molar-refractivity contribution >= 4 is 0 Å². The Balaban J connectivity index is 1.07. The smallest absolute Gasteiger partial charge is 0.0233 e. The SMILES string of the molecule is c1ccc(CN2CCC(N3CCN([C@H]4C[C@H]5CC[C@H]4C5)CC3)CC2)cc1. The lowest BCUT2D eigenvalue weighted by Crippen LogP contribution is -2.55. The number of hydrogen-bond acceptors (Lipinski definition) is 3. The van der Waals surface area contributed by atoms with E-state index < -0.39 is 0 Å². The van der Waals surface area contributed by atoms with Gasteiger partial charge < -0.3 is 0 Å². The van der Waals surface area contributed by atoms with Crippen LogP contribution in [0.3, 0.4) is 0 Å². The first-order valence-electron chi connectivity index (χ1n) is 11.1. The van der Waals surface area contributed by atoms with Gasteiger partial charge in [0.25, 0.3) is 0 Å². The number of hydrogen-bond donors (Lipinski definition) is 0. The van der Waals surface area contributed by atoms with E-state index in [9.17, 15) is 0 Å². The molecule has 2 aliphatic carbocycles. The van der Waals surface area contributed by atoms with Crippen molar-refractivity contribution in [3.8, 4) is 0 Å². The van der Waals surface area contributed by atoms with Crippen LogP contribution in [0.4, 0.5) is 0 Å². The van der Waals surface area contributed by atoms with Crippen molar-refractivity contribution in [2.75, 3.05) is 39.3 Å². The molecule has 0 radical (unpaired) electrons. The van der Waals surface area contributed by atoms with E-state index in [4.69, 9.17) is 0 Å². The van der Waals surface area contributed by atoms with Crippen LogP contribution < -0.4 is 0 Å². The summed E-state index contributed by atoms with van der Waals surface area (Å²) in [4.78, 5) is 8.34. The fourth-order valence-corrected chi connectivity index (χ4v) is 6.38. The summed E-state index contributed by atoms with van der Waals surface area (Å²) in [5.74, 6) is 2.13. The van der Waals surface area contributed by atoms with E-state index in [1.54, 1.807) is 6.42 Å². The molecule has 0 amide bonds. The quantitative estimate of drug-likeness (QED) is 0.821. The topological polar surface area (TPSA) is 9.72 Å². The highest BCUT2D eigenvalue weighted by Gasteiger charge is 2.43. The summed E-state index contributed by atoms with van der Waals surface area (Å²) >= 11 is 0. The first kappa shape index (κ1) is 17.2. The van der Waals surface area contributed by atoms with E-state index in [-0.39, 0.29) is 0 Å². The molecule has 0 aromatic heterocycles. The van der Waals surface area contributed by atoms with Gasteiger partial charge in [-0.05, 0) is 62.6 Å². The molecular formula is C23H35N3. The number of benzene rings is 1. The lowest BCUT2D eigenvalue weighted by atomic mass is 9.93. The molecule has 4 fully saturated rings. The van der Waals surface area contributed by atoms with Gasteiger partial charge in [0.05, 0.1) is 0 Å². The number of piperazine rings is 1. The second-order valence-electron chi connectivity index (χ2n) is 9.31. The van der Waals surface area contributed by atoms with E-state index in [0.717, 1.165) is 30.5 Å². The molecule has 3 atom stereocenters. The molecule has 0 N–H and O–H groups in total. The van der Waals surface area contributed by atoms with E-state index in [1.807, 2.05) is 0 Å². The average molecular weight is 354 g/mol. The van der Waals surface area contributed by atoms with Crippen LogP contribution in [0.1, 0.15) is 44.1 Å². The van der Waals surface area contributed by atoms with Crippen molar-refractivity contribution in [2.45, 2.75) is 57.2 Å². The molecule has 2 heterocycles. The zero-order valence-corrected chi connectivity index (χ0v) is 16.2. The van der Waals surface area contributed by atoms with E-state index in [2.05, 4.69) is 45.0 Å². The Bertz CT molecular complexity index is 572. The average Bonchev–Trinajstić information content (AvgIpc) is 3.33. The van der Waals surface area contributed by atoms with Gasteiger partial charge in [-0.2, -0.15) is 0 Å². The maximum atomic E-state index is 2.87. The van der Waals surface area contributed by atoms with Crippen LogP contribution in [-0.4, -0.2) is 66.1 Å². The molecule has 4 aliphatic rings. The Morgan fingerprint density at radius 3 is 2.12 bits per heavy atom. The first-order chi connectivity index (χ1) is 12.8. The standard InChI is InChI=1S/C23H35N3/c1-2-4-19(5-3-1)18-24-10-8-22(9-11-24)25-12-14-26(15-13-25)23-17-20-6-7-21(23)16-20/h1-5,20-23H,6-18H2/t20-,21-,23-/m0/s1. The zero-order valence-electron chi connectivity index (χ0n) is 16.2. The normalized spacial score (nSPS) is 34.5. The Hall–Kier alpha value is -0.900. The molecular weight excluding hydrogens is 318 g/mol. The van der Waals surface area contributed by atoms with Gasteiger partial charge in [0.2, 0.25) is 0 Å². The Kier molecular flexibility index (Phi) is 5.04. The second-order valence-corrected chi connectivity index (χ2v) is 9.31. The monoisotopic (exact) mass is 353 g/mol. The van der Waals surface area contributed by atoms with Crippen LogP contribution in [0.15, 0.2) is 30.3 Å². The van der Waals surface area contributed by atoms with Gasteiger partial charge in [-0.15, -0.1) is 0 Å². The highest BCUT2D eigenvalue weighted by atomic mass is 15.3. The molecule has 1 aromatic carbocycles.